The van der Waals surface area contributed by atoms with Gasteiger partial charge in [-0.3, -0.25) is 10.1 Å². The second-order valence-electron chi connectivity index (χ2n) is 6.60. The second kappa shape index (κ2) is 8.24. The summed E-state index contributed by atoms with van der Waals surface area (Å²) >= 11 is 6.07. The summed E-state index contributed by atoms with van der Waals surface area (Å²) in [5.41, 5.74) is 2.63. The molecule has 1 aromatic heterocycles. The summed E-state index contributed by atoms with van der Waals surface area (Å²) in [6, 6.07) is 23.0. The van der Waals surface area contributed by atoms with Gasteiger partial charge in [0, 0.05) is 24.5 Å². The number of nitro benzene ring substituents is 1. The number of anilines is 1. The third kappa shape index (κ3) is 4.17. The SMILES string of the molecule is O=[N+]([O-])c1cc2c(N(Cc3ccccc3)Cc3ccccc3)ncnc2cc1Cl. The highest BCUT2D eigenvalue weighted by Crippen LogP contribution is 2.33. The zero-order chi connectivity index (χ0) is 20.2. The predicted molar refractivity (Wildman–Crippen MR) is 114 cm³/mol. The van der Waals surface area contributed by atoms with E-state index in [0.29, 0.717) is 29.8 Å². The first-order chi connectivity index (χ1) is 14.1. The number of nitro groups is 1. The van der Waals surface area contributed by atoms with Crippen LogP contribution in [0.1, 0.15) is 11.1 Å². The zero-order valence-corrected chi connectivity index (χ0v) is 16.2. The van der Waals surface area contributed by atoms with Gasteiger partial charge in [-0.15, -0.1) is 0 Å². The van der Waals surface area contributed by atoms with Gasteiger partial charge in [0.2, 0.25) is 0 Å². The molecule has 0 aliphatic rings. The minimum atomic E-state index is -0.489. The van der Waals surface area contributed by atoms with E-state index >= 15 is 0 Å². The van der Waals surface area contributed by atoms with Gasteiger partial charge in [-0.1, -0.05) is 72.3 Å². The summed E-state index contributed by atoms with van der Waals surface area (Å²) in [5, 5.41) is 12.0. The van der Waals surface area contributed by atoms with Crippen molar-refractivity contribution in [2.24, 2.45) is 0 Å². The Hall–Kier alpha value is -3.51. The van der Waals surface area contributed by atoms with Crippen molar-refractivity contribution < 1.29 is 4.92 Å². The summed E-state index contributed by atoms with van der Waals surface area (Å²) < 4.78 is 0. The molecule has 0 radical (unpaired) electrons. The number of benzene rings is 3. The fourth-order valence-corrected chi connectivity index (χ4v) is 3.48. The lowest BCUT2D eigenvalue weighted by molar-refractivity contribution is -0.384. The van der Waals surface area contributed by atoms with E-state index in [1.54, 1.807) is 0 Å². The highest BCUT2D eigenvalue weighted by molar-refractivity contribution is 6.33. The fraction of sp³-hybridized carbons (Fsp3) is 0.0909. The van der Waals surface area contributed by atoms with Gasteiger partial charge < -0.3 is 4.90 Å². The Morgan fingerprint density at radius 3 is 2.03 bits per heavy atom. The van der Waals surface area contributed by atoms with Crippen molar-refractivity contribution in [3.8, 4) is 0 Å². The summed E-state index contributed by atoms with van der Waals surface area (Å²) in [5.74, 6) is 0.627. The van der Waals surface area contributed by atoms with Crippen LogP contribution in [0.25, 0.3) is 10.9 Å². The molecule has 0 aliphatic heterocycles. The number of rotatable bonds is 6. The maximum Gasteiger partial charge on any atom is 0.288 e. The first-order valence-corrected chi connectivity index (χ1v) is 9.41. The number of hydrogen-bond donors (Lipinski definition) is 0. The summed E-state index contributed by atoms with van der Waals surface area (Å²) in [4.78, 5) is 21.7. The van der Waals surface area contributed by atoms with E-state index in [-0.39, 0.29) is 10.7 Å². The highest BCUT2D eigenvalue weighted by Gasteiger charge is 2.19. The van der Waals surface area contributed by atoms with Gasteiger partial charge in [0.25, 0.3) is 5.69 Å². The normalized spacial score (nSPS) is 10.8. The Kier molecular flexibility index (Phi) is 5.35. The Bertz CT molecular complexity index is 1110. The van der Waals surface area contributed by atoms with Crippen LogP contribution in [0.4, 0.5) is 11.5 Å². The van der Waals surface area contributed by atoms with E-state index in [0.717, 1.165) is 11.1 Å². The van der Waals surface area contributed by atoms with Gasteiger partial charge >= 0.3 is 0 Å². The van der Waals surface area contributed by atoms with Crippen LogP contribution in [0.5, 0.6) is 0 Å². The lowest BCUT2D eigenvalue weighted by atomic mass is 10.1. The molecule has 3 aromatic carbocycles. The molecule has 0 unspecified atom stereocenters. The van der Waals surface area contributed by atoms with Crippen molar-refractivity contribution in [1.29, 1.82) is 0 Å². The minimum Gasteiger partial charge on any atom is -0.347 e. The van der Waals surface area contributed by atoms with Crippen LogP contribution in [-0.2, 0) is 13.1 Å². The van der Waals surface area contributed by atoms with Crippen molar-refractivity contribution in [1.82, 2.24) is 9.97 Å². The molecule has 0 amide bonds. The van der Waals surface area contributed by atoms with E-state index in [1.807, 2.05) is 60.7 Å². The molecule has 0 N–H and O–H groups in total. The number of aromatic nitrogens is 2. The van der Waals surface area contributed by atoms with Gasteiger partial charge in [0.1, 0.15) is 17.2 Å². The predicted octanol–water partition coefficient (Wildman–Crippen LogP) is 5.40. The van der Waals surface area contributed by atoms with E-state index in [1.165, 1.54) is 18.5 Å². The number of halogens is 1. The number of hydrogen-bond acceptors (Lipinski definition) is 5. The maximum absolute atomic E-state index is 11.4. The molecule has 7 heteroatoms. The van der Waals surface area contributed by atoms with Gasteiger partial charge in [-0.05, 0) is 17.2 Å². The lowest BCUT2D eigenvalue weighted by Crippen LogP contribution is -2.23. The third-order valence-corrected chi connectivity index (χ3v) is 4.91. The molecule has 144 valence electrons. The molecule has 1 heterocycles. The average Bonchev–Trinajstić information content (AvgIpc) is 2.73. The van der Waals surface area contributed by atoms with Crippen LogP contribution >= 0.6 is 11.6 Å². The molecule has 0 spiro atoms. The van der Waals surface area contributed by atoms with Crippen LogP contribution in [-0.4, -0.2) is 14.9 Å². The van der Waals surface area contributed by atoms with Crippen molar-refractivity contribution in [2.75, 3.05) is 4.90 Å². The smallest absolute Gasteiger partial charge is 0.288 e. The maximum atomic E-state index is 11.4. The first kappa shape index (κ1) is 18.8. The van der Waals surface area contributed by atoms with Gasteiger partial charge in [0.15, 0.2) is 0 Å². The summed E-state index contributed by atoms with van der Waals surface area (Å²) in [6.45, 7) is 1.19. The quantitative estimate of drug-likeness (QED) is 0.318. The van der Waals surface area contributed by atoms with Crippen molar-refractivity contribution in [3.63, 3.8) is 0 Å². The van der Waals surface area contributed by atoms with Gasteiger partial charge in [-0.2, -0.15) is 0 Å². The molecule has 0 bridgehead atoms. The Balaban J connectivity index is 1.83. The molecular formula is C22H17ClN4O2. The molecule has 4 aromatic rings. The average molecular weight is 405 g/mol. The molecule has 29 heavy (non-hydrogen) atoms. The lowest BCUT2D eigenvalue weighted by Gasteiger charge is -2.25. The van der Waals surface area contributed by atoms with Crippen LogP contribution in [0.3, 0.4) is 0 Å². The molecule has 0 atom stereocenters. The summed E-state index contributed by atoms with van der Waals surface area (Å²) in [6.07, 6.45) is 1.46. The van der Waals surface area contributed by atoms with E-state index in [2.05, 4.69) is 14.9 Å². The molecule has 0 fully saturated rings. The van der Waals surface area contributed by atoms with Gasteiger partial charge in [-0.25, -0.2) is 9.97 Å². The molecule has 4 rings (SSSR count). The van der Waals surface area contributed by atoms with Crippen LogP contribution < -0.4 is 4.90 Å². The first-order valence-electron chi connectivity index (χ1n) is 9.03. The molecule has 0 saturated carbocycles. The minimum absolute atomic E-state index is 0.0600. The Morgan fingerprint density at radius 2 is 1.48 bits per heavy atom. The van der Waals surface area contributed by atoms with Crippen LogP contribution in [0.15, 0.2) is 79.1 Å². The molecule has 0 aliphatic carbocycles. The largest absolute Gasteiger partial charge is 0.347 e. The van der Waals surface area contributed by atoms with E-state index < -0.39 is 4.92 Å². The highest BCUT2D eigenvalue weighted by atomic mass is 35.5. The van der Waals surface area contributed by atoms with Gasteiger partial charge in [0.05, 0.1) is 10.4 Å². The topological polar surface area (TPSA) is 72.2 Å². The van der Waals surface area contributed by atoms with Crippen LogP contribution in [0.2, 0.25) is 5.02 Å². The van der Waals surface area contributed by atoms with E-state index in [9.17, 15) is 10.1 Å². The standard InChI is InChI=1S/C22H17ClN4O2/c23-19-12-20-18(11-21(19)27(28)29)22(25-15-24-20)26(13-16-7-3-1-4-8-16)14-17-9-5-2-6-10-17/h1-12,15H,13-14H2. The molecule has 0 saturated heterocycles. The monoisotopic (exact) mass is 404 g/mol. The Morgan fingerprint density at radius 1 is 0.897 bits per heavy atom. The van der Waals surface area contributed by atoms with Crippen LogP contribution in [0, 0.1) is 10.1 Å². The third-order valence-electron chi connectivity index (χ3n) is 4.61. The molecular weight excluding hydrogens is 388 g/mol. The number of fused-ring (bicyclic) bond motifs is 1. The van der Waals surface area contributed by atoms with Crippen molar-refractivity contribution in [3.05, 3.63) is 105 Å². The second-order valence-corrected chi connectivity index (χ2v) is 7.01. The van der Waals surface area contributed by atoms with Crippen molar-refractivity contribution in [2.45, 2.75) is 13.1 Å². The van der Waals surface area contributed by atoms with Crippen molar-refractivity contribution >= 4 is 34.0 Å². The Labute approximate surface area is 172 Å². The zero-order valence-electron chi connectivity index (χ0n) is 15.4. The number of nitrogens with zero attached hydrogens (tertiary/aromatic N) is 4. The summed E-state index contributed by atoms with van der Waals surface area (Å²) in [7, 11) is 0. The molecule has 6 nitrogen and oxygen atoms in total. The fourth-order valence-electron chi connectivity index (χ4n) is 3.26. The van der Waals surface area contributed by atoms with E-state index in [4.69, 9.17) is 11.6 Å².